The van der Waals surface area contributed by atoms with Crippen molar-refractivity contribution in [3.63, 3.8) is 0 Å². The van der Waals surface area contributed by atoms with Gasteiger partial charge in [0.15, 0.2) is 5.96 Å². The first-order valence-corrected chi connectivity index (χ1v) is 9.03. The number of nitrogens with two attached hydrogens (primary N) is 1. The quantitative estimate of drug-likeness (QED) is 0.674. The molecule has 2 saturated heterocycles. The minimum Gasteiger partial charge on any atom is -0.378 e. The van der Waals surface area contributed by atoms with Crippen molar-refractivity contribution in [3.8, 4) is 0 Å². The van der Waals surface area contributed by atoms with Gasteiger partial charge in [-0.3, -0.25) is 0 Å². The molecule has 2 heterocycles. The van der Waals surface area contributed by atoms with Gasteiger partial charge in [0.1, 0.15) is 0 Å². The summed E-state index contributed by atoms with van der Waals surface area (Å²) < 4.78 is 5.44. The predicted molar refractivity (Wildman–Crippen MR) is 93.7 cm³/mol. The average molecular weight is 320 g/mol. The second kappa shape index (κ2) is 7.74. The number of benzene rings is 1. The Kier molecular flexibility index (Phi) is 5.45. The fraction of sp³-hybridized carbons (Fsp3) is 0.562. The predicted octanol–water partition coefficient (Wildman–Crippen LogP) is 1.39. The molecule has 22 heavy (non-hydrogen) atoms. The fourth-order valence-electron chi connectivity index (χ4n) is 2.82. The van der Waals surface area contributed by atoms with Crippen molar-refractivity contribution in [2.75, 3.05) is 55.8 Å². The van der Waals surface area contributed by atoms with Gasteiger partial charge >= 0.3 is 0 Å². The smallest absolute Gasteiger partial charge is 0.191 e. The van der Waals surface area contributed by atoms with Crippen LogP contribution in [0.5, 0.6) is 0 Å². The van der Waals surface area contributed by atoms with E-state index < -0.39 is 0 Å². The number of rotatable bonds is 3. The number of anilines is 1. The molecule has 1 aromatic carbocycles. The average Bonchev–Trinajstić information content (AvgIpc) is 2.61. The lowest BCUT2D eigenvalue weighted by Gasteiger charge is -2.30. The minimum atomic E-state index is 0.642. The maximum Gasteiger partial charge on any atom is 0.191 e. The number of hydrogen-bond acceptors (Lipinski definition) is 4. The molecule has 0 aromatic heterocycles. The van der Waals surface area contributed by atoms with Crippen molar-refractivity contribution in [2.24, 2.45) is 10.7 Å². The summed E-state index contributed by atoms with van der Waals surface area (Å²) in [6, 6.07) is 8.48. The largest absolute Gasteiger partial charge is 0.378 e. The summed E-state index contributed by atoms with van der Waals surface area (Å²) in [5.41, 5.74) is 8.65. The Labute approximate surface area is 136 Å². The maximum atomic E-state index is 6.16. The van der Waals surface area contributed by atoms with E-state index >= 15 is 0 Å². The van der Waals surface area contributed by atoms with E-state index in [0.29, 0.717) is 12.5 Å². The van der Waals surface area contributed by atoms with E-state index in [1.807, 2.05) is 11.8 Å². The fourth-order valence-corrected chi connectivity index (χ4v) is 3.72. The van der Waals surface area contributed by atoms with E-state index in [1.165, 1.54) is 11.3 Å². The lowest BCUT2D eigenvalue weighted by molar-refractivity contribution is 0.122. The molecule has 0 unspecified atom stereocenters. The van der Waals surface area contributed by atoms with Gasteiger partial charge in [-0.15, -0.1) is 0 Å². The molecular weight excluding hydrogens is 296 g/mol. The molecule has 3 rings (SSSR count). The van der Waals surface area contributed by atoms with E-state index in [1.54, 1.807) is 0 Å². The van der Waals surface area contributed by atoms with Gasteiger partial charge in [-0.1, -0.05) is 18.2 Å². The van der Waals surface area contributed by atoms with E-state index in [4.69, 9.17) is 10.5 Å². The standard InChI is InChI=1S/C16H24N4OS/c17-16(20-7-11-22-12-8-20)18-13-14-3-1-2-4-15(14)19-5-9-21-10-6-19/h1-4H,5-13H2,(H2,17,18). The van der Waals surface area contributed by atoms with Gasteiger partial charge in [-0.05, 0) is 11.6 Å². The highest BCUT2D eigenvalue weighted by atomic mass is 32.2. The topological polar surface area (TPSA) is 54.1 Å². The molecule has 0 spiro atoms. The molecule has 2 N–H and O–H groups in total. The van der Waals surface area contributed by atoms with Gasteiger partial charge in [0.05, 0.1) is 19.8 Å². The molecule has 0 saturated carbocycles. The zero-order chi connectivity index (χ0) is 15.2. The Bertz CT molecular complexity index is 511. The van der Waals surface area contributed by atoms with E-state index in [2.05, 4.69) is 39.1 Å². The Morgan fingerprint density at radius 1 is 1.14 bits per heavy atom. The van der Waals surface area contributed by atoms with E-state index in [-0.39, 0.29) is 0 Å². The SMILES string of the molecule is NC(=NCc1ccccc1N1CCOCC1)N1CCSCC1. The highest BCUT2D eigenvalue weighted by Gasteiger charge is 2.15. The van der Waals surface area contributed by atoms with Gasteiger partial charge in [-0.25, -0.2) is 4.99 Å². The first-order chi connectivity index (χ1) is 10.8. The third-order valence-corrected chi connectivity index (χ3v) is 5.03. The van der Waals surface area contributed by atoms with Crippen LogP contribution in [0, 0.1) is 0 Å². The highest BCUT2D eigenvalue weighted by Crippen LogP contribution is 2.22. The molecule has 0 radical (unpaired) electrons. The van der Waals surface area contributed by atoms with Crippen molar-refractivity contribution in [1.29, 1.82) is 0 Å². The number of para-hydroxylation sites is 1. The van der Waals surface area contributed by atoms with Crippen LogP contribution >= 0.6 is 11.8 Å². The van der Waals surface area contributed by atoms with Crippen molar-refractivity contribution in [1.82, 2.24) is 4.90 Å². The molecule has 1 aromatic rings. The number of aliphatic imine (C=N–C) groups is 1. The Balaban J connectivity index is 1.69. The highest BCUT2D eigenvalue weighted by molar-refractivity contribution is 7.99. The van der Waals surface area contributed by atoms with Crippen molar-refractivity contribution in [3.05, 3.63) is 29.8 Å². The van der Waals surface area contributed by atoms with Gasteiger partial charge in [-0.2, -0.15) is 11.8 Å². The third-order valence-electron chi connectivity index (χ3n) is 4.09. The van der Waals surface area contributed by atoms with E-state index in [0.717, 1.165) is 50.9 Å². The van der Waals surface area contributed by atoms with Crippen LogP contribution in [-0.2, 0) is 11.3 Å². The first kappa shape index (κ1) is 15.5. The van der Waals surface area contributed by atoms with Gasteiger partial charge in [0.25, 0.3) is 0 Å². The Morgan fingerprint density at radius 2 is 1.86 bits per heavy atom. The summed E-state index contributed by atoms with van der Waals surface area (Å²) in [5.74, 6) is 2.96. The zero-order valence-electron chi connectivity index (χ0n) is 12.9. The van der Waals surface area contributed by atoms with Gasteiger partial charge in [0, 0.05) is 43.4 Å². The molecule has 2 fully saturated rings. The second-order valence-electron chi connectivity index (χ2n) is 5.50. The molecule has 0 amide bonds. The van der Waals surface area contributed by atoms with Crippen LogP contribution in [0.1, 0.15) is 5.56 Å². The lowest BCUT2D eigenvalue weighted by Crippen LogP contribution is -2.42. The van der Waals surface area contributed by atoms with E-state index in [9.17, 15) is 0 Å². The first-order valence-electron chi connectivity index (χ1n) is 7.88. The molecule has 0 aliphatic carbocycles. The van der Waals surface area contributed by atoms with Crippen molar-refractivity contribution in [2.45, 2.75) is 6.54 Å². The summed E-state index contributed by atoms with van der Waals surface area (Å²) >= 11 is 1.98. The molecule has 2 aliphatic heterocycles. The van der Waals surface area contributed by atoms with Crippen LogP contribution in [-0.4, -0.2) is 61.8 Å². The molecule has 0 bridgehead atoms. The van der Waals surface area contributed by atoms with Crippen LogP contribution in [0.15, 0.2) is 29.3 Å². The van der Waals surface area contributed by atoms with Gasteiger partial charge in [0.2, 0.25) is 0 Å². The lowest BCUT2D eigenvalue weighted by atomic mass is 10.1. The number of ether oxygens (including phenoxy) is 1. The Hall–Kier alpha value is -1.40. The van der Waals surface area contributed by atoms with Crippen molar-refractivity contribution >= 4 is 23.4 Å². The number of hydrogen-bond donors (Lipinski definition) is 1. The van der Waals surface area contributed by atoms with Crippen LogP contribution in [0.3, 0.4) is 0 Å². The normalized spacial score (nSPS) is 20.3. The monoisotopic (exact) mass is 320 g/mol. The number of morpholine rings is 1. The van der Waals surface area contributed by atoms with Crippen molar-refractivity contribution < 1.29 is 4.74 Å². The number of nitrogens with zero attached hydrogens (tertiary/aromatic N) is 3. The summed E-state index contributed by atoms with van der Waals surface area (Å²) in [4.78, 5) is 9.19. The van der Waals surface area contributed by atoms with Crippen LogP contribution in [0.2, 0.25) is 0 Å². The molecule has 6 heteroatoms. The number of thioether (sulfide) groups is 1. The Morgan fingerprint density at radius 3 is 2.64 bits per heavy atom. The van der Waals surface area contributed by atoms with Gasteiger partial charge < -0.3 is 20.3 Å². The molecule has 120 valence electrons. The second-order valence-corrected chi connectivity index (χ2v) is 6.73. The summed E-state index contributed by atoms with van der Waals surface area (Å²) in [7, 11) is 0. The van der Waals surface area contributed by atoms with Crippen LogP contribution in [0.4, 0.5) is 5.69 Å². The van der Waals surface area contributed by atoms with Crippen LogP contribution in [0.25, 0.3) is 0 Å². The third kappa shape index (κ3) is 3.87. The summed E-state index contributed by atoms with van der Waals surface area (Å²) in [5, 5.41) is 0. The molecule has 2 aliphatic rings. The van der Waals surface area contributed by atoms with Crippen LogP contribution < -0.4 is 10.6 Å². The maximum absolute atomic E-state index is 6.16. The zero-order valence-corrected chi connectivity index (χ0v) is 13.7. The minimum absolute atomic E-state index is 0.642. The number of guanidine groups is 1. The summed E-state index contributed by atoms with van der Waals surface area (Å²) in [6.45, 7) is 6.13. The molecular formula is C16H24N4OS. The summed E-state index contributed by atoms with van der Waals surface area (Å²) in [6.07, 6.45) is 0. The molecule has 0 atom stereocenters. The molecule has 5 nitrogen and oxygen atoms in total.